The van der Waals surface area contributed by atoms with Crippen molar-refractivity contribution in [1.82, 2.24) is 4.90 Å². The number of methoxy groups -OCH3 is 2. The average molecular weight is 352 g/mol. The monoisotopic (exact) mass is 352 g/mol. The highest BCUT2D eigenvalue weighted by atomic mass is 16.5. The molecule has 7 heteroatoms. The summed E-state index contributed by atoms with van der Waals surface area (Å²) in [4.78, 5) is 2.29. The van der Waals surface area contributed by atoms with Gasteiger partial charge in [0, 0.05) is 12.6 Å². The normalized spacial score (nSPS) is 12.3. The summed E-state index contributed by atoms with van der Waals surface area (Å²) in [5, 5.41) is 17.6. The Bertz CT molecular complexity index is 488. The van der Waals surface area contributed by atoms with Gasteiger partial charge in [0.2, 0.25) is 0 Å². The van der Waals surface area contributed by atoms with Gasteiger partial charge >= 0.3 is 7.12 Å². The van der Waals surface area contributed by atoms with Crippen molar-refractivity contribution >= 4 is 7.12 Å². The summed E-state index contributed by atoms with van der Waals surface area (Å²) in [6.07, 6.45) is 4.99. The second-order valence-corrected chi connectivity index (χ2v) is 6.56. The second kappa shape index (κ2) is 12.1. The van der Waals surface area contributed by atoms with Gasteiger partial charge in [-0.1, -0.05) is 18.9 Å². The Morgan fingerprint density at radius 2 is 1.80 bits per heavy atom. The van der Waals surface area contributed by atoms with Crippen molar-refractivity contribution in [3.63, 3.8) is 0 Å². The molecular formula is C18H33BN2O4. The van der Waals surface area contributed by atoms with Gasteiger partial charge in [0.25, 0.3) is 0 Å². The summed E-state index contributed by atoms with van der Waals surface area (Å²) in [6, 6.07) is 6.19. The lowest BCUT2D eigenvalue weighted by molar-refractivity contribution is 0.316. The number of ether oxygens (including phenoxy) is 2. The van der Waals surface area contributed by atoms with E-state index in [-0.39, 0.29) is 6.04 Å². The van der Waals surface area contributed by atoms with Crippen LogP contribution in [-0.4, -0.2) is 62.5 Å². The maximum atomic E-state index is 8.81. The lowest BCUT2D eigenvalue weighted by Crippen LogP contribution is -2.29. The van der Waals surface area contributed by atoms with Crippen LogP contribution in [0.25, 0.3) is 0 Å². The van der Waals surface area contributed by atoms with E-state index in [4.69, 9.17) is 25.3 Å². The van der Waals surface area contributed by atoms with Crippen LogP contribution in [0.5, 0.6) is 11.5 Å². The maximum Gasteiger partial charge on any atom is 0.451 e. The molecule has 0 aliphatic rings. The third kappa shape index (κ3) is 9.11. The molecule has 0 saturated carbocycles. The predicted molar refractivity (Wildman–Crippen MR) is 102 cm³/mol. The summed E-state index contributed by atoms with van der Waals surface area (Å²) >= 11 is 0. The van der Waals surface area contributed by atoms with Crippen LogP contribution in [0.3, 0.4) is 0 Å². The Morgan fingerprint density at radius 3 is 2.44 bits per heavy atom. The fourth-order valence-corrected chi connectivity index (χ4v) is 2.73. The van der Waals surface area contributed by atoms with E-state index in [2.05, 4.69) is 18.0 Å². The predicted octanol–water partition coefficient (Wildman–Crippen LogP) is 1.54. The Kier molecular flexibility index (Phi) is 10.6. The highest BCUT2D eigenvalue weighted by Crippen LogP contribution is 2.27. The molecule has 0 spiro atoms. The molecule has 0 aliphatic carbocycles. The molecule has 0 fully saturated rings. The van der Waals surface area contributed by atoms with Gasteiger partial charge in [-0.15, -0.1) is 0 Å². The minimum absolute atomic E-state index is 0.166. The molecule has 0 amide bonds. The van der Waals surface area contributed by atoms with E-state index < -0.39 is 7.12 Å². The molecule has 0 radical (unpaired) electrons. The fraction of sp³-hybridized carbons (Fsp3) is 0.667. The number of rotatable bonds is 13. The van der Waals surface area contributed by atoms with Crippen molar-refractivity contribution in [2.45, 2.75) is 44.5 Å². The van der Waals surface area contributed by atoms with Gasteiger partial charge in [0.05, 0.1) is 14.2 Å². The fourth-order valence-electron chi connectivity index (χ4n) is 2.73. The number of hydrogen-bond donors (Lipinski definition) is 3. The van der Waals surface area contributed by atoms with Crippen molar-refractivity contribution in [2.24, 2.45) is 5.73 Å². The first-order valence-electron chi connectivity index (χ1n) is 8.97. The lowest BCUT2D eigenvalue weighted by Gasteiger charge is -2.19. The first-order chi connectivity index (χ1) is 12.0. The van der Waals surface area contributed by atoms with E-state index in [9.17, 15) is 0 Å². The smallest absolute Gasteiger partial charge is 0.451 e. The number of likely N-dealkylation sites (N-methyl/N-ethyl adjacent to an activating group) is 1. The molecule has 0 aromatic heterocycles. The molecule has 0 heterocycles. The van der Waals surface area contributed by atoms with E-state index >= 15 is 0 Å². The van der Waals surface area contributed by atoms with Gasteiger partial charge in [0.1, 0.15) is 0 Å². The minimum atomic E-state index is -1.20. The van der Waals surface area contributed by atoms with Crippen molar-refractivity contribution in [1.29, 1.82) is 0 Å². The molecule has 0 aliphatic heterocycles. The van der Waals surface area contributed by atoms with E-state index in [0.29, 0.717) is 6.32 Å². The van der Waals surface area contributed by atoms with Crippen molar-refractivity contribution < 1.29 is 19.5 Å². The second-order valence-electron chi connectivity index (χ2n) is 6.56. The first-order valence-corrected chi connectivity index (χ1v) is 8.97. The number of nitrogens with zero attached hydrogens (tertiary/aromatic N) is 1. The summed E-state index contributed by atoms with van der Waals surface area (Å²) in [5.74, 6) is 1.51. The molecule has 0 saturated heterocycles. The Balaban J connectivity index is 2.25. The van der Waals surface area contributed by atoms with E-state index in [0.717, 1.165) is 56.7 Å². The van der Waals surface area contributed by atoms with E-state index in [1.807, 2.05) is 12.1 Å². The van der Waals surface area contributed by atoms with Gasteiger partial charge in [0.15, 0.2) is 11.5 Å². The molecular weight excluding hydrogens is 319 g/mol. The molecule has 6 nitrogen and oxygen atoms in total. The molecule has 142 valence electrons. The molecule has 25 heavy (non-hydrogen) atoms. The molecule has 1 atom stereocenters. The van der Waals surface area contributed by atoms with Crippen LogP contribution in [0.1, 0.15) is 31.2 Å². The lowest BCUT2D eigenvalue weighted by atomic mass is 9.83. The van der Waals surface area contributed by atoms with Gasteiger partial charge in [-0.2, -0.15) is 0 Å². The van der Waals surface area contributed by atoms with Crippen molar-refractivity contribution in [3.8, 4) is 11.5 Å². The maximum absolute atomic E-state index is 8.81. The number of nitrogens with two attached hydrogens (primary N) is 1. The topological polar surface area (TPSA) is 88.2 Å². The molecule has 0 unspecified atom stereocenters. The zero-order chi connectivity index (χ0) is 18.7. The summed E-state index contributed by atoms with van der Waals surface area (Å²) in [7, 11) is 4.20. The Morgan fingerprint density at radius 1 is 1.08 bits per heavy atom. The van der Waals surface area contributed by atoms with Crippen LogP contribution in [-0.2, 0) is 6.42 Å². The van der Waals surface area contributed by atoms with Crippen LogP contribution in [0.2, 0.25) is 6.32 Å². The number of unbranched alkanes of at least 4 members (excludes halogenated alkanes) is 1. The minimum Gasteiger partial charge on any atom is -0.493 e. The van der Waals surface area contributed by atoms with Crippen molar-refractivity contribution in [3.05, 3.63) is 23.8 Å². The largest absolute Gasteiger partial charge is 0.493 e. The molecule has 1 aromatic rings. The van der Waals surface area contributed by atoms with Crippen LogP contribution in [0, 0.1) is 0 Å². The van der Waals surface area contributed by atoms with Crippen LogP contribution in [0.4, 0.5) is 0 Å². The third-order valence-electron chi connectivity index (χ3n) is 4.40. The molecule has 1 aromatic carbocycles. The Hall–Kier alpha value is -1.28. The quantitative estimate of drug-likeness (QED) is 0.369. The molecule has 0 bridgehead atoms. The first kappa shape index (κ1) is 21.8. The Labute approximate surface area is 152 Å². The number of benzene rings is 1. The van der Waals surface area contributed by atoms with Gasteiger partial charge < -0.3 is 30.2 Å². The van der Waals surface area contributed by atoms with Crippen LogP contribution < -0.4 is 15.2 Å². The standard InChI is InChI=1S/C18H33BN2O4/c1-21(13-10-16(20)6-4-5-11-19(22)23)12-9-15-7-8-17(24-2)18(14-15)25-3/h7-8,14,16,22-23H,4-6,9-13,20H2,1-3H3/t16-/m1/s1. The van der Waals surface area contributed by atoms with Crippen LogP contribution in [0.15, 0.2) is 18.2 Å². The van der Waals surface area contributed by atoms with Gasteiger partial charge in [-0.05, 0) is 56.9 Å². The summed E-state index contributed by atoms with van der Waals surface area (Å²) < 4.78 is 10.6. The summed E-state index contributed by atoms with van der Waals surface area (Å²) in [5.41, 5.74) is 7.35. The zero-order valence-corrected chi connectivity index (χ0v) is 15.8. The molecule has 4 N–H and O–H groups in total. The van der Waals surface area contributed by atoms with Gasteiger partial charge in [-0.3, -0.25) is 0 Å². The third-order valence-corrected chi connectivity index (χ3v) is 4.40. The van der Waals surface area contributed by atoms with Crippen LogP contribution >= 0.6 is 0 Å². The molecule has 1 rings (SSSR count). The van der Waals surface area contributed by atoms with E-state index in [1.165, 1.54) is 5.56 Å². The average Bonchev–Trinajstić information content (AvgIpc) is 2.61. The van der Waals surface area contributed by atoms with Crippen molar-refractivity contribution in [2.75, 3.05) is 34.4 Å². The zero-order valence-electron chi connectivity index (χ0n) is 15.8. The highest BCUT2D eigenvalue weighted by molar-refractivity contribution is 6.40. The highest BCUT2D eigenvalue weighted by Gasteiger charge is 2.09. The number of hydrogen-bond acceptors (Lipinski definition) is 6. The summed E-state index contributed by atoms with van der Waals surface area (Å²) in [6.45, 7) is 1.91. The van der Waals surface area contributed by atoms with E-state index in [1.54, 1.807) is 14.2 Å². The SMILES string of the molecule is COc1ccc(CCN(C)CC[C@H](N)CCCCB(O)O)cc1OC. The van der Waals surface area contributed by atoms with Gasteiger partial charge in [-0.25, -0.2) is 0 Å².